The molecule has 6 nitrogen and oxygen atoms in total. The van der Waals surface area contributed by atoms with E-state index in [2.05, 4.69) is 15.7 Å². The van der Waals surface area contributed by atoms with Crippen LogP contribution in [0.1, 0.15) is 21.6 Å². The third-order valence-electron chi connectivity index (χ3n) is 2.84. The summed E-state index contributed by atoms with van der Waals surface area (Å²) in [6, 6.07) is 8.63. The SMILES string of the molecule is Cc1cc(NN)c(C(=O)Nc2ccc(CO)cc2)cn1. The second-order valence-corrected chi connectivity index (χ2v) is 4.32. The molecule has 0 spiro atoms. The van der Waals surface area contributed by atoms with Gasteiger partial charge in [0.2, 0.25) is 0 Å². The first-order chi connectivity index (χ1) is 9.63. The van der Waals surface area contributed by atoms with Crippen LogP contribution in [0.5, 0.6) is 0 Å². The number of amides is 1. The molecule has 1 aromatic heterocycles. The van der Waals surface area contributed by atoms with Gasteiger partial charge in [0.1, 0.15) is 0 Å². The molecule has 104 valence electrons. The molecule has 0 saturated carbocycles. The molecule has 0 fully saturated rings. The van der Waals surface area contributed by atoms with E-state index < -0.39 is 0 Å². The number of anilines is 2. The molecule has 0 saturated heterocycles. The fourth-order valence-corrected chi connectivity index (χ4v) is 1.75. The lowest BCUT2D eigenvalue weighted by Gasteiger charge is -2.10. The number of nitrogens with zero attached hydrogens (tertiary/aromatic N) is 1. The van der Waals surface area contributed by atoms with Gasteiger partial charge < -0.3 is 15.8 Å². The van der Waals surface area contributed by atoms with Gasteiger partial charge in [0.15, 0.2) is 0 Å². The molecule has 1 amide bonds. The molecule has 0 radical (unpaired) electrons. The van der Waals surface area contributed by atoms with Crippen molar-refractivity contribution >= 4 is 17.3 Å². The Morgan fingerprint density at radius 2 is 2.05 bits per heavy atom. The van der Waals surface area contributed by atoms with Crippen molar-refractivity contribution in [2.45, 2.75) is 13.5 Å². The van der Waals surface area contributed by atoms with Crippen LogP contribution in [-0.4, -0.2) is 16.0 Å². The summed E-state index contributed by atoms with van der Waals surface area (Å²) < 4.78 is 0. The number of rotatable bonds is 4. The number of benzene rings is 1. The predicted octanol–water partition coefficient (Wildman–Crippen LogP) is 1.42. The Bertz CT molecular complexity index is 611. The average molecular weight is 272 g/mol. The standard InChI is InChI=1S/C14H16N4O2/c1-9-6-13(18-15)12(7-16-9)14(20)17-11-4-2-10(8-19)3-5-11/h2-7,19H,8,15H2,1H3,(H,16,18)(H,17,20). The van der Waals surface area contributed by atoms with Crippen molar-refractivity contribution in [3.05, 3.63) is 53.3 Å². The van der Waals surface area contributed by atoms with Crippen LogP contribution in [-0.2, 0) is 6.61 Å². The molecule has 20 heavy (non-hydrogen) atoms. The minimum Gasteiger partial charge on any atom is -0.392 e. The fraction of sp³-hybridized carbons (Fsp3) is 0.143. The van der Waals surface area contributed by atoms with Gasteiger partial charge >= 0.3 is 0 Å². The molecule has 0 aliphatic carbocycles. The molecule has 2 rings (SSSR count). The minimum absolute atomic E-state index is 0.0304. The molecule has 5 N–H and O–H groups in total. The van der Waals surface area contributed by atoms with Gasteiger partial charge in [-0.2, -0.15) is 0 Å². The number of aryl methyl sites for hydroxylation is 1. The summed E-state index contributed by atoms with van der Waals surface area (Å²) in [5.41, 5.74) is 5.55. The first kappa shape index (κ1) is 14.0. The summed E-state index contributed by atoms with van der Waals surface area (Å²) in [4.78, 5) is 16.3. The van der Waals surface area contributed by atoms with Crippen LogP contribution in [0.3, 0.4) is 0 Å². The van der Waals surface area contributed by atoms with Crippen molar-refractivity contribution in [1.82, 2.24) is 4.98 Å². The number of hydrogen-bond acceptors (Lipinski definition) is 5. The van der Waals surface area contributed by atoms with E-state index in [0.29, 0.717) is 16.9 Å². The molecule has 0 unspecified atom stereocenters. The Morgan fingerprint density at radius 1 is 1.35 bits per heavy atom. The van der Waals surface area contributed by atoms with E-state index in [-0.39, 0.29) is 12.5 Å². The quantitative estimate of drug-likeness (QED) is 0.498. The summed E-state index contributed by atoms with van der Waals surface area (Å²) in [5.74, 6) is 5.10. The number of nitrogen functional groups attached to an aromatic ring is 1. The van der Waals surface area contributed by atoms with E-state index in [4.69, 9.17) is 10.9 Å². The average Bonchev–Trinajstić information content (AvgIpc) is 2.47. The van der Waals surface area contributed by atoms with E-state index in [1.54, 1.807) is 30.3 Å². The van der Waals surface area contributed by atoms with E-state index >= 15 is 0 Å². The number of carbonyl (C=O) groups is 1. The summed E-state index contributed by atoms with van der Waals surface area (Å²) in [7, 11) is 0. The minimum atomic E-state index is -0.304. The van der Waals surface area contributed by atoms with Crippen molar-refractivity contribution in [1.29, 1.82) is 0 Å². The van der Waals surface area contributed by atoms with Gasteiger partial charge in [0.05, 0.1) is 17.9 Å². The van der Waals surface area contributed by atoms with Crippen LogP contribution in [0, 0.1) is 6.92 Å². The maximum Gasteiger partial charge on any atom is 0.259 e. The summed E-state index contributed by atoms with van der Waals surface area (Å²) in [6.07, 6.45) is 1.47. The maximum absolute atomic E-state index is 12.2. The van der Waals surface area contributed by atoms with Gasteiger partial charge in [0, 0.05) is 17.6 Å². The highest BCUT2D eigenvalue weighted by molar-refractivity contribution is 6.07. The number of aliphatic hydroxyl groups is 1. The molecule has 2 aromatic rings. The fourth-order valence-electron chi connectivity index (χ4n) is 1.75. The highest BCUT2D eigenvalue weighted by atomic mass is 16.3. The molecule has 0 atom stereocenters. The van der Waals surface area contributed by atoms with Crippen LogP contribution in [0.25, 0.3) is 0 Å². The number of pyridine rings is 1. The van der Waals surface area contributed by atoms with Crippen molar-refractivity contribution < 1.29 is 9.90 Å². The Balaban J connectivity index is 2.19. The second kappa shape index (κ2) is 6.14. The Labute approximate surface area is 116 Å². The number of aromatic nitrogens is 1. The van der Waals surface area contributed by atoms with Crippen LogP contribution in [0.4, 0.5) is 11.4 Å². The third kappa shape index (κ3) is 3.11. The second-order valence-electron chi connectivity index (χ2n) is 4.32. The van der Waals surface area contributed by atoms with Crippen molar-refractivity contribution in [3.8, 4) is 0 Å². The van der Waals surface area contributed by atoms with E-state index in [0.717, 1.165) is 11.3 Å². The van der Waals surface area contributed by atoms with Gasteiger partial charge in [-0.1, -0.05) is 12.1 Å². The Morgan fingerprint density at radius 3 is 2.65 bits per heavy atom. The smallest absolute Gasteiger partial charge is 0.259 e. The van der Waals surface area contributed by atoms with Gasteiger partial charge in [-0.3, -0.25) is 15.6 Å². The van der Waals surface area contributed by atoms with Gasteiger partial charge in [-0.05, 0) is 30.7 Å². The van der Waals surface area contributed by atoms with Gasteiger partial charge in [-0.15, -0.1) is 0 Å². The molecule has 0 bridgehead atoms. The Kier molecular flexibility index (Phi) is 4.29. The van der Waals surface area contributed by atoms with Crippen LogP contribution < -0.4 is 16.6 Å². The van der Waals surface area contributed by atoms with Crippen molar-refractivity contribution in [2.75, 3.05) is 10.7 Å². The number of nitrogens with one attached hydrogen (secondary N) is 2. The molecular formula is C14H16N4O2. The highest BCUT2D eigenvalue weighted by Gasteiger charge is 2.12. The normalized spacial score (nSPS) is 10.2. The van der Waals surface area contributed by atoms with Gasteiger partial charge in [0.25, 0.3) is 5.91 Å². The lowest BCUT2D eigenvalue weighted by Crippen LogP contribution is -2.18. The third-order valence-corrected chi connectivity index (χ3v) is 2.84. The zero-order valence-electron chi connectivity index (χ0n) is 11.1. The summed E-state index contributed by atoms with van der Waals surface area (Å²) in [6.45, 7) is 1.79. The van der Waals surface area contributed by atoms with Crippen LogP contribution >= 0.6 is 0 Å². The lowest BCUT2D eigenvalue weighted by atomic mass is 10.2. The zero-order valence-corrected chi connectivity index (χ0v) is 11.1. The number of aliphatic hydroxyl groups excluding tert-OH is 1. The number of carbonyl (C=O) groups excluding carboxylic acids is 1. The number of hydrazine groups is 1. The molecule has 0 aliphatic heterocycles. The monoisotopic (exact) mass is 272 g/mol. The summed E-state index contributed by atoms with van der Waals surface area (Å²) in [5, 5.41) is 11.7. The summed E-state index contributed by atoms with van der Waals surface area (Å²) >= 11 is 0. The van der Waals surface area contributed by atoms with Crippen molar-refractivity contribution in [3.63, 3.8) is 0 Å². The first-order valence-electron chi connectivity index (χ1n) is 6.08. The van der Waals surface area contributed by atoms with Gasteiger partial charge in [-0.25, -0.2) is 0 Å². The predicted molar refractivity (Wildman–Crippen MR) is 77.1 cm³/mol. The largest absolute Gasteiger partial charge is 0.392 e. The van der Waals surface area contributed by atoms with Crippen LogP contribution in [0.2, 0.25) is 0 Å². The lowest BCUT2D eigenvalue weighted by molar-refractivity contribution is 0.102. The topological polar surface area (TPSA) is 100 Å². The Hall–Kier alpha value is -2.44. The maximum atomic E-state index is 12.2. The first-order valence-corrected chi connectivity index (χ1v) is 6.08. The molecular weight excluding hydrogens is 256 g/mol. The van der Waals surface area contributed by atoms with E-state index in [1.807, 2.05) is 6.92 Å². The molecule has 1 aromatic carbocycles. The zero-order chi connectivity index (χ0) is 14.5. The highest BCUT2D eigenvalue weighted by Crippen LogP contribution is 2.17. The van der Waals surface area contributed by atoms with E-state index in [9.17, 15) is 4.79 Å². The number of hydrogen-bond donors (Lipinski definition) is 4. The molecule has 6 heteroatoms. The van der Waals surface area contributed by atoms with E-state index in [1.165, 1.54) is 6.20 Å². The van der Waals surface area contributed by atoms with Crippen LogP contribution in [0.15, 0.2) is 36.5 Å². The van der Waals surface area contributed by atoms with Crippen molar-refractivity contribution in [2.24, 2.45) is 5.84 Å². The molecule has 1 heterocycles. The molecule has 0 aliphatic rings. The number of nitrogens with two attached hydrogens (primary N) is 1.